The zero-order valence-corrected chi connectivity index (χ0v) is 8.03. The van der Waals surface area contributed by atoms with Crippen molar-refractivity contribution in [3.05, 3.63) is 0 Å². The van der Waals surface area contributed by atoms with Crippen LogP contribution in [0.5, 0.6) is 0 Å². The minimum Gasteiger partial charge on any atom is -0.389 e. The first-order chi connectivity index (χ1) is 6.41. The third kappa shape index (κ3) is 4.28. The summed E-state index contributed by atoms with van der Waals surface area (Å²) in [5, 5.41) is 12.4. The summed E-state index contributed by atoms with van der Waals surface area (Å²) in [4.78, 5) is 0. The fourth-order valence-corrected chi connectivity index (χ4v) is 1.50. The minimum atomic E-state index is -4.06. The first-order valence-corrected chi connectivity index (χ1v) is 4.91. The first kappa shape index (κ1) is 11.8. The lowest BCUT2D eigenvalue weighted by atomic mass is 9.80. The van der Waals surface area contributed by atoms with Gasteiger partial charge in [0.25, 0.3) is 0 Å². The van der Waals surface area contributed by atoms with Crippen molar-refractivity contribution in [2.24, 2.45) is 0 Å². The lowest BCUT2D eigenvalue weighted by Crippen LogP contribution is -2.46. The number of hydrogen-bond acceptors (Lipinski definition) is 2. The standard InChI is InChI=1S/C9H16F3NO/c10-9(11,12)5-2-6-13-7-8(14)3-1-4-8/h13-14H,1-7H2. The van der Waals surface area contributed by atoms with Gasteiger partial charge in [-0.05, 0) is 32.2 Å². The monoisotopic (exact) mass is 211 g/mol. The molecule has 0 saturated heterocycles. The van der Waals surface area contributed by atoms with Gasteiger partial charge in [-0.25, -0.2) is 0 Å². The number of nitrogens with one attached hydrogen (secondary N) is 1. The van der Waals surface area contributed by atoms with Crippen molar-refractivity contribution >= 4 is 0 Å². The molecule has 0 aliphatic heterocycles. The van der Waals surface area contributed by atoms with E-state index in [1.807, 2.05) is 0 Å². The lowest BCUT2D eigenvalue weighted by molar-refractivity contribution is -0.135. The molecule has 1 fully saturated rings. The highest BCUT2D eigenvalue weighted by Crippen LogP contribution is 2.30. The van der Waals surface area contributed by atoms with Crippen molar-refractivity contribution < 1.29 is 18.3 Å². The Morgan fingerprint density at radius 1 is 1.29 bits per heavy atom. The molecule has 1 rings (SSSR count). The highest BCUT2D eigenvalue weighted by Gasteiger charge is 2.33. The smallest absolute Gasteiger partial charge is 0.389 e. The summed E-state index contributed by atoms with van der Waals surface area (Å²) in [6, 6.07) is 0. The minimum absolute atomic E-state index is 0.0829. The average Bonchev–Trinajstić information content (AvgIpc) is 1.98. The van der Waals surface area contributed by atoms with Crippen LogP contribution in [0.25, 0.3) is 0 Å². The average molecular weight is 211 g/mol. The van der Waals surface area contributed by atoms with E-state index in [-0.39, 0.29) is 6.42 Å². The van der Waals surface area contributed by atoms with Gasteiger partial charge in [-0.15, -0.1) is 0 Å². The molecule has 5 heteroatoms. The van der Waals surface area contributed by atoms with E-state index in [0.717, 1.165) is 19.3 Å². The van der Waals surface area contributed by atoms with E-state index >= 15 is 0 Å². The molecule has 2 N–H and O–H groups in total. The Balaban J connectivity index is 1.94. The van der Waals surface area contributed by atoms with Crippen LogP contribution in [0, 0.1) is 0 Å². The molecule has 1 aliphatic carbocycles. The highest BCUT2D eigenvalue weighted by molar-refractivity contribution is 4.89. The first-order valence-electron chi connectivity index (χ1n) is 4.91. The van der Waals surface area contributed by atoms with Gasteiger partial charge in [-0.2, -0.15) is 13.2 Å². The molecular weight excluding hydrogens is 195 g/mol. The van der Waals surface area contributed by atoms with E-state index in [2.05, 4.69) is 5.32 Å². The largest absolute Gasteiger partial charge is 0.389 e. The zero-order chi connectivity index (χ0) is 10.7. The summed E-state index contributed by atoms with van der Waals surface area (Å²) in [6.45, 7) is 0.743. The second kappa shape index (κ2) is 4.49. The van der Waals surface area contributed by atoms with Gasteiger partial charge in [0.15, 0.2) is 0 Å². The Morgan fingerprint density at radius 2 is 1.93 bits per heavy atom. The molecule has 0 aromatic heterocycles. The van der Waals surface area contributed by atoms with Crippen LogP contribution in [0.3, 0.4) is 0 Å². The van der Waals surface area contributed by atoms with Crippen LogP contribution in [0.1, 0.15) is 32.1 Å². The van der Waals surface area contributed by atoms with Crippen LogP contribution < -0.4 is 5.32 Å². The molecule has 0 aromatic carbocycles. The van der Waals surface area contributed by atoms with Gasteiger partial charge in [0.2, 0.25) is 0 Å². The fourth-order valence-electron chi connectivity index (χ4n) is 1.50. The van der Waals surface area contributed by atoms with Gasteiger partial charge in [-0.1, -0.05) is 0 Å². The topological polar surface area (TPSA) is 32.3 Å². The molecule has 1 aliphatic rings. The van der Waals surface area contributed by atoms with Crippen LogP contribution in [0.2, 0.25) is 0 Å². The Hall–Kier alpha value is -0.290. The molecule has 84 valence electrons. The number of halogens is 3. The fraction of sp³-hybridized carbons (Fsp3) is 1.00. The van der Waals surface area contributed by atoms with Crippen molar-refractivity contribution in [1.82, 2.24) is 5.32 Å². The molecule has 14 heavy (non-hydrogen) atoms. The second-order valence-corrected chi connectivity index (χ2v) is 3.97. The number of alkyl halides is 3. The summed E-state index contributed by atoms with van der Waals surface area (Å²) in [5.41, 5.74) is -0.641. The van der Waals surface area contributed by atoms with Crippen LogP contribution in [0.15, 0.2) is 0 Å². The summed E-state index contributed by atoms with van der Waals surface area (Å²) >= 11 is 0. The number of hydrogen-bond donors (Lipinski definition) is 2. The Kier molecular flexibility index (Phi) is 3.78. The van der Waals surface area contributed by atoms with Crippen LogP contribution in [0.4, 0.5) is 13.2 Å². The molecular formula is C9H16F3NO. The van der Waals surface area contributed by atoms with E-state index < -0.39 is 18.2 Å². The number of aliphatic hydroxyl groups is 1. The van der Waals surface area contributed by atoms with Crippen molar-refractivity contribution in [1.29, 1.82) is 0 Å². The summed E-state index contributed by atoms with van der Waals surface area (Å²) < 4.78 is 35.2. The third-order valence-corrected chi connectivity index (χ3v) is 2.55. The summed E-state index contributed by atoms with van der Waals surface area (Å²) in [7, 11) is 0. The van der Waals surface area contributed by atoms with Crippen LogP contribution >= 0.6 is 0 Å². The molecule has 0 radical (unpaired) electrons. The van der Waals surface area contributed by atoms with Crippen molar-refractivity contribution in [2.75, 3.05) is 13.1 Å². The van der Waals surface area contributed by atoms with Crippen LogP contribution in [-0.2, 0) is 0 Å². The molecule has 0 heterocycles. The molecule has 1 saturated carbocycles. The SMILES string of the molecule is OC1(CNCCCC(F)(F)F)CCC1. The van der Waals surface area contributed by atoms with Gasteiger partial charge >= 0.3 is 6.18 Å². The zero-order valence-electron chi connectivity index (χ0n) is 8.03. The number of rotatable bonds is 5. The Morgan fingerprint density at radius 3 is 2.36 bits per heavy atom. The molecule has 0 amide bonds. The maximum Gasteiger partial charge on any atom is 0.389 e. The maximum absolute atomic E-state index is 11.7. The predicted octanol–water partition coefficient (Wildman–Crippen LogP) is 1.83. The van der Waals surface area contributed by atoms with E-state index in [4.69, 9.17) is 0 Å². The quantitative estimate of drug-likeness (QED) is 0.680. The van der Waals surface area contributed by atoms with Crippen molar-refractivity contribution in [3.63, 3.8) is 0 Å². The molecule has 0 unspecified atom stereocenters. The predicted molar refractivity (Wildman–Crippen MR) is 47.0 cm³/mol. The van der Waals surface area contributed by atoms with E-state index in [0.29, 0.717) is 13.1 Å². The summed E-state index contributed by atoms with van der Waals surface area (Å²) in [5.74, 6) is 0. The van der Waals surface area contributed by atoms with Gasteiger partial charge in [0.05, 0.1) is 5.60 Å². The van der Waals surface area contributed by atoms with Crippen molar-refractivity contribution in [2.45, 2.75) is 43.9 Å². The van der Waals surface area contributed by atoms with Crippen LogP contribution in [-0.4, -0.2) is 30.0 Å². The van der Waals surface area contributed by atoms with Crippen molar-refractivity contribution in [3.8, 4) is 0 Å². The van der Waals surface area contributed by atoms with E-state index in [9.17, 15) is 18.3 Å². The molecule has 0 bridgehead atoms. The Bertz CT molecular complexity index is 177. The van der Waals surface area contributed by atoms with Gasteiger partial charge in [0, 0.05) is 13.0 Å². The normalized spacial score (nSPS) is 20.6. The lowest BCUT2D eigenvalue weighted by Gasteiger charge is -2.36. The van der Waals surface area contributed by atoms with Gasteiger partial charge in [-0.3, -0.25) is 0 Å². The van der Waals surface area contributed by atoms with Gasteiger partial charge in [0.1, 0.15) is 0 Å². The van der Waals surface area contributed by atoms with E-state index in [1.54, 1.807) is 0 Å². The molecule has 0 spiro atoms. The second-order valence-electron chi connectivity index (χ2n) is 3.97. The molecule has 0 aromatic rings. The molecule has 0 atom stereocenters. The molecule has 2 nitrogen and oxygen atoms in total. The third-order valence-electron chi connectivity index (χ3n) is 2.55. The van der Waals surface area contributed by atoms with E-state index in [1.165, 1.54) is 0 Å². The summed E-state index contributed by atoms with van der Waals surface area (Å²) in [6.07, 6.45) is -2.19. The van der Waals surface area contributed by atoms with Gasteiger partial charge < -0.3 is 10.4 Å². The Labute approximate surface area is 81.5 Å². The highest BCUT2D eigenvalue weighted by atomic mass is 19.4. The maximum atomic E-state index is 11.7.